The lowest BCUT2D eigenvalue weighted by atomic mass is 10.1. The van der Waals surface area contributed by atoms with Gasteiger partial charge < -0.3 is 10.1 Å². The molecule has 22 heavy (non-hydrogen) atoms. The van der Waals surface area contributed by atoms with E-state index in [1.807, 2.05) is 54.6 Å². The van der Waals surface area contributed by atoms with Crippen molar-refractivity contribution in [3.8, 4) is 0 Å². The monoisotopic (exact) mass is 361 g/mol. The number of carbonyl (C=O) groups excluding carboxylic acids is 2. The first-order chi connectivity index (χ1) is 10.6. The summed E-state index contributed by atoms with van der Waals surface area (Å²) in [6.45, 7) is 0.0620. The van der Waals surface area contributed by atoms with E-state index in [1.165, 1.54) is 0 Å². The maximum Gasteiger partial charge on any atom is 0.325 e. The molecule has 1 amide bonds. The summed E-state index contributed by atoms with van der Waals surface area (Å²) in [5, 5.41) is 2.56. The highest BCUT2D eigenvalue weighted by Crippen LogP contribution is 2.12. The van der Waals surface area contributed by atoms with Crippen molar-refractivity contribution in [3.63, 3.8) is 0 Å². The summed E-state index contributed by atoms with van der Waals surface area (Å²) in [4.78, 5) is 23.3. The lowest BCUT2D eigenvalue weighted by Crippen LogP contribution is -2.31. The fourth-order valence-electron chi connectivity index (χ4n) is 1.86. The maximum atomic E-state index is 11.7. The molecule has 0 heterocycles. The average molecular weight is 362 g/mol. The van der Waals surface area contributed by atoms with Crippen LogP contribution in [0.4, 0.5) is 0 Å². The van der Waals surface area contributed by atoms with Gasteiger partial charge in [-0.15, -0.1) is 0 Å². The van der Waals surface area contributed by atoms with Crippen LogP contribution in [0.2, 0.25) is 0 Å². The van der Waals surface area contributed by atoms with Gasteiger partial charge in [-0.05, 0) is 23.3 Å². The van der Waals surface area contributed by atoms with E-state index in [0.717, 1.165) is 15.6 Å². The Kier molecular flexibility index (Phi) is 6.15. The Morgan fingerprint density at radius 2 is 1.73 bits per heavy atom. The van der Waals surface area contributed by atoms with Gasteiger partial charge in [0.05, 0.1) is 6.42 Å². The molecule has 4 nitrogen and oxygen atoms in total. The molecule has 114 valence electrons. The second kappa shape index (κ2) is 8.34. The van der Waals surface area contributed by atoms with Crippen molar-refractivity contribution in [2.24, 2.45) is 0 Å². The normalized spacial score (nSPS) is 10.0. The van der Waals surface area contributed by atoms with Crippen LogP contribution in [0.1, 0.15) is 11.1 Å². The lowest BCUT2D eigenvalue weighted by molar-refractivity contribution is -0.145. The van der Waals surface area contributed by atoms with Crippen molar-refractivity contribution in [3.05, 3.63) is 70.2 Å². The Morgan fingerprint density at radius 1 is 1.00 bits per heavy atom. The highest BCUT2D eigenvalue weighted by atomic mass is 79.9. The predicted molar refractivity (Wildman–Crippen MR) is 87.1 cm³/mol. The number of benzene rings is 2. The number of halogens is 1. The molecule has 0 aromatic heterocycles. The average Bonchev–Trinajstić information content (AvgIpc) is 2.52. The molecule has 2 aromatic carbocycles. The van der Waals surface area contributed by atoms with E-state index >= 15 is 0 Å². The molecule has 0 aliphatic rings. The minimum Gasteiger partial charge on any atom is -0.460 e. The minimum absolute atomic E-state index is 0.125. The second-order valence-electron chi connectivity index (χ2n) is 4.73. The fraction of sp³-hybridized carbons (Fsp3) is 0.176. The topological polar surface area (TPSA) is 55.4 Å². The van der Waals surface area contributed by atoms with Gasteiger partial charge >= 0.3 is 5.97 Å². The molecule has 0 saturated carbocycles. The van der Waals surface area contributed by atoms with Gasteiger partial charge in [-0.2, -0.15) is 0 Å². The van der Waals surface area contributed by atoms with E-state index in [2.05, 4.69) is 21.2 Å². The summed E-state index contributed by atoms with van der Waals surface area (Å²) in [6.07, 6.45) is 0.250. The number of hydrogen-bond donors (Lipinski definition) is 1. The number of amides is 1. The zero-order chi connectivity index (χ0) is 15.8. The molecule has 0 atom stereocenters. The summed E-state index contributed by atoms with van der Waals surface area (Å²) in [6, 6.07) is 16.9. The van der Waals surface area contributed by atoms with Gasteiger partial charge in [-0.25, -0.2) is 0 Å². The molecule has 5 heteroatoms. The van der Waals surface area contributed by atoms with Crippen LogP contribution >= 0.6 is 15.9 Å². The molecule has 0 unspecified atom stereocenters. The summed E-state index contributed by atoms with van der Waals surface area (Å²) >= 11 is 3.35. The molecule has 0 spiro atoms. The van der Waals surface area contributed by atoms with Crippen LogP contribution in [0.15, 0.2) is 59.1 Å². The van der Waals surface area contributed by atoms with Crippen LogP contribution in [0.3, 0.4) is 0 Å². The third kappa shape index (κ3) is 5.69. The van der Waals surface area contributed by atoms with Gasteiger partial charge in [-0.3, -0.25) is 9.59 Å². The van der Waals surface area contributed by atoms with E-state index in [1.54, 1.807) is 0 Å². The molecular formula is C17H16BrNO3. The van der Waals surface area contributed by atoms with Crippen LogP contribution in [-0.4, -0.2) is 18.4 Å². The number of hydrogen-bond acceptors (Lipinski definition) is 3. The molecule has 2 rings (SSSR count). The first kappa shape index (κ1) is 16.2. The van der Waals surface area contributed by atoms with Crippen molar-refractivity contribution in [1.82, 2.24) is 5.32 Å². The Bertz CT molecular complexity index is 643. The van der Waals surface area contributed by atoms with E-state index in [4.69, 9.17) is 4.74 Å². The fourth-order valence-corrected chi connectivity index (χ4v) is 2.30. The third-order valence-corrected chi connectivity index (χ3v) is 3.42. The van der Waals surface area contributed by atoms with Gasteiger partial charge in [0.2, 0.25) is 5.91 Å². The van der Waals surface area contributed by atoms with E-state index in [-0.39, 0.29) is 25.5 Å². The van der Waals surface area contributed by atoms with Gasteiger partial charge in [-0.1, -0.05) is 58.4 Å². The Hall–Kier alpha value is -2.14. The standard InChI is InChI=1S/C17H16BrNO3/c18-15-8-4-7-14(9-15)12-22-17(21)11-19-16(20)10-13-5-2-1-3-6-13/h1-9H,10-12H2,(H,19,20). The predicted octanol–water partition coefficient (Wildman–Crippen LogP) is 2.85. The number of ether oxygens (including phenoxy) is 1. The van der Waals surface area contributed by atoms with Gasteiger partial charge in [0.15, 0.2) is 0 Å². The lowest BCUT2D eigenvalue weighted by Gasteiger charge is -2.07. The molecule has 0 aliphatic heterocycles. The van der Waals surface area contributed by atoms with Crippen LogP contribution in [0, 0.1) is 0 Å². The molecule has 0 saturated heterocycles. The first-order valence-electron chi connectivity index (χ1n) is 6.84. The molecule has 2 aromatic rings. The summed E-state index contributed by atoms with van der Waals surface area (Å²) in [7, 11) is 0. The largest absolute Gasteiger partial charge is 0.460 e. The maximum absolute atomic E-state index is 11.7. The van der Waals surface area contributed by atoms with Gasteiger partial charge in [0, 0.05) is 4.47 Å². The highest BCUT2D eigenvalue weighted by molar-refractivity contribution is 9.10. The Labute approximate surface area is 137 Å². The highest BCUT2D eigenvalue weighted by Gasteiger charge is 2.07. The van der Waals surface area contributed by atoms with Crippen molar-refractivity contribution in [1.29, 1.82) is 0 Å². The molecule has 0 bridgehead atoms. The zero-order valence-electron chi connectivity index (χ0n) is 11.9. The summed E-state index contributed by atoms with van der Waals surface area (Å²) < 4.78 is 6.04. The van der Waals surface area contributed by atoms with Gasteiger partial charge in [0.25, 0.3) is 0 Å². The molecule has 0 aliphatic carbocycles. The molecular weight excluding hydrogens is 346 g/mol. The van der Waals surface area contributed by atoms with E-state index in [9.17, 15) is 9.59 Å². The SMILES string of the molecule is O=C(Cc1ccccc1)NCC(=O)OCc1cccc(Br)c1. The third-order valence-electron chi connectivity index (χ3n) is 2.93. The van der Waals surface area contributed by atoms with E-state index < -0.39 is 5.97 Å². The van der Waals surface area contributed by atoms with Crippen molar-refractivity contribution < 1.29 is 14.3 Å². The van der Waals surface area contributed by atoms with Crippen molar-refractivity contribution in [2.45, 2.75) is 13.0 Å². The number of nitrogens with one attached hydrogen (secondary N) is 1. The molecule has 0 radical (unpaired) electrons. The number of rotatable bonds is 6. The van der Waals surface area contributed by atoms with Crippen LogP contribution in [0.5, 0.6) is 0 Å². The smallest absolute Gasteiger partial charge is 0.325 e. The van der Waals surface area contributed by atoms with E-state index in [0.29, 0.717) is 0 Å². The van der Waals surface area contributed by atoms with Crippen molar-refractivity contribution in [2.75, 3.05) is 6.54 Å². The Balaban J connectivity index is 1.70. The zero-order valence-corrected chi connectivity index (χ0v) is 13.5. The number of carbonyl (C=O) groups is 2. The Morgan fingerprint density at radius 3 is 2.45 bits per heavy atom. The molecule has 0 fully saturated rings. The summed E-state index contributed by atoms with van der Waals surface area (Å²) in [5.74, 6) is -0.660. The molecule has 1 N–H and O–H groups in total. The van der Waals surface area contributed by atoms with Crippen LogP contribution < -0.4 is 5.32 Å². The van der Waals surface area contributed by atoms with Gasteiger partial charge in [0.1, 0.15) is 13.2 Å². The van der Waals surface area contributed by atoms with Crippen LogP contribution in [-0.2, 0) is 27.4 Å². The quantitative estimate of drug-likeness (QED) is 0.804. The first-order valence-corrected chi connectivity index (χ1v) is 7.63. The summed E-state index contributed by atoms with van der Waals surface area (Å²) in [5.41, 5.74) is 1.79. The minimum atomic E-state index is -0.457. The second-order valence-corrected chi connectivity index (χ2v) is 5.65. The number of esters is 1. The van der Waals surface area contributed by atoms with Crippen LogP contribution in [0.25, 0.3) is 0 Å². The van der Waals surface area contributed by atoms with Crippen molar-refractivity contribution >= 4 is 27.8 Å².